The number of benzene rings is 1. The minimum Gasteiger partial charge on any atom is -0.347 e. The van der Waals surface area contributed by atoms with E-state index in [4.69, 9.17) is 4.98 Å². The van der Waals surface area contributed by atoms with Gasteiger partial charge in [0, 0.05) is 25.6 Å². The highest BCUT2D eigenvalue weighted by atomic mass is 32.1. The highest BCUT2D eigenvalue weighted by Crippen LogP contribution is 2.33. The lowest BCUT2D eigenvalue weighted by Crippen LogP contribution is -2.35. The van der Waals surface area contributed by atoms with E-state index in [1.54, 1.807) is 11.3 Å². The number of rotatable bonds is 3. The van der Waals surface area contributed by atoms with Crippen molar-refractivity contribution in [3.63, 3.8) is 0 Å². The number of hydrogen-bond donors (Lipinski definition) is 0. The van der Waals surface area contributed by atoms with Crippen LogP contribution >= 0.6 is 11.3 Å². The zero-order chi connectivity index (χ0) is 14.9. The summed E-state index contributed by atoms with van der Waals surface area (Å²) < 4.78 is 3.42. The van der Waals surface area contributed by atoms with E-state index >= 15 is 0 Å². The summed E-state index contributed by atoms with van der Waals surface area (Å²) in [5.41, 5.74) is 1.10. The molecule has 114 valence electrons. The van der Waals surface area contributed by atoms with E-state index in [1.807, 2.05) is 6.33 Å². The van der Waals surface area contributed by atoms with Crippen LogP contribution in [0.2, 0.25) is 0 Å². The summed E-state index contributed by atoms with van der Waals surface area (Å²) in [7, 11) is 0. The van der Waals surface area contributed by atoms with E-state index in [0.717, 1.165) is 36.1 Å². The Hall–Kier alpha value is -1.95. The smallest absolute Gasteiger partial charge is 0.186 e. The summed E-state index contributed by atoms with van der Waals surface area (Å²) in [6.45, 7) is 5.13. The molecule has 0 amide bonds. The predicted molar refractivity (Wildman–Crippen MR) is 89.5 cm³/mol. The van der Waals surface area contributed by atoms with Crippen LogP contribution in [0.4, 0.5) is 5.13 Å². The summed E-state index contributed by atoms with van der Waals surface area (Å²) in [6, 6.07) is 8.36. The maximum absolute atomic E-state index is 4.80. The molecule has 1 atom stereocenters. The Morgan fingerprint density at radius 2 is 2.23 bits per heavy atom. The third-order valence-electron chi connectivity index (χ3n) is 4.33. The van der Waals surface area contributed by atoms with Crippen molar-refractivity contribution in [1.29, 1.82) is 0 Å². The average molecular weight is 313 g/mol. The molecule has 22 heavy (non-hydrogen) atoms. The minimum atomic E-state index is 0.447. The van der Waals surface area contributed by atoms with Crippen molar-refractivity contribution < 1.29 is 0 Å². The minimum absolute atomic E-state index is 0.447. The van der Waals surface area contributed by atoms with E-state index in [9.17, 15) is 0 Å². The molecule has 0 spiro atoms. The number of thiazole rings is 1. The van der Waals surface area contributed by atoms with Gasteiger partial charge in [-0.3, -0.25) is 0 Å². The molecule has 2 aromatic heterocycles. The van der Waals surface area contributed by atoms with Crippen LogP contribution in [0, 0.1) is 0 Å². The molecule has 1 saturated heterocycles. The van der Waals surface area contributed by atoms with Gasteiger partial charge in [-0.05, 0) is 31.9 Å². The first-order valence-electron chi connectivity index (χ1n) is 7.83. The molecule has 0 N–H and O–H groups in total. The van der Waals surface area contributed by atoms with Crippen LogP contribution in [0.1, 0.15) is 31.5 Å². The van der Waals surface area contributed by atoms with Gasteiger partial charge in [0.25, 0.3) is 0 Å². The molecule has 1 unspecified atom stereocenters. The zero-order valence-electron chi connectivity index (χ0n) is 12.6. The van der Waals surface area contributed by atoms with E-state index in [2.05, 4.69) is 50.9 Å². The van der Waals surface area contributed by atoms with Gasteiger partial charge in [0.1, 0.15) is 12.2 Å². The summed E-state index contributed by atoms with van der Waals surface area (Å²) >= 11 is 1.79. The second-order valence-electron chi connectivity index (χ2n) is 5.72. The van der Waals surface area contributed by atoms with Crippen molar-refractivity contribution in [3.05, 3.63) is 36.4 Å². The van der Waals surface area contributed by atoms with Gasteiger partial charge in [0.2, 0.25) is 0 Å². The fourth-order valence-corrected chi connectivity index (χ4v) is 4.18. The van der Waals surface area contributed by atoms with Gasteiger partial charge in [0.05, 0.1) is 10.2 Å². The fourth-order valence-electron chi connectivity index (χ4n) is 3.18. The van der Waals surface area contributed by atoms with E-state index < -0.39 is 0 Å². The molecular weight excluding hydrogens is 294 g/mol. The van der Waals surface area contributed by atoms with Crippen molar-refractivity contribution in [1.82, 2.24) is 19.7 Å². The number of piperidine rings is 1. The van der Waals surface area contributed by atoms with E-state index in [0.29, 0.717) is 5.92 Å². The molecule has 3 aromatic rings. The lowest BCUT2D eigenvalue weighted by Gasteiger charge is -2.32. The molecule has 1 aliphatic heterocycles. The van der Waals surface area contributed by atoms with E-state index in [1.165, 1.54) is 17.5 Å². The number of aryl methyl sites for hydroxylation is 1. The average Bonchev–Trinajstić information content (AvgIpc) is 3.21. The maximum Gasteiger partial charge on any atom is 0.186 e. The van der Waals surface area contributed by atoms with Crippen molar-refractivity contribution in [2.75, 3.05) is 18.0 Å². The molecule has 5 nitrogen and oxygen atoms in total. The lowest BCUT2D eigenvalue weighted by atomic mass is 9.97. The third kappa shape index (κ3) is 2.37. The summed E-state index contributed by atoms with van der Waals surface area (Å²) in [5.74, 6) is 1.57. The third-order valence-corrected chi connectivity index (χ3v) is 5.42. The first-order valence-corrected chi connectivity index (χ1v) is 8.65. The zero-order valence-corrected chi connectivity index (χ0v) is 13.5. The molecule has 6 heteroatoms. The highest BCUT2D eigenvalue weighted by molar-refractivity contribution is 7.22. The number of para-hydroxylation sites is 1. The second kappa shape index (κ2) is 5.68. The second-order valence-corrected chi connectivity index (χ2v) is 6.73. The van der Waals surface area contributed by atoms with Crippen LogP contribution in [0.3, 0.4) is 0 Å². The van der Waals surface area contributed by atoms with Crippen molar-refractivity contribution >= 4 is 26.7 Å². The Labute approximate surface area is 133 Å². The fraction of sp³-hybridized carbons (Fsp3) is 0.438. The number of fused-ring (bicyclic) bond motifs is 1. The van der Waals surface area contributed by atoms with Crippen LogP contribution in [0.25, 0.3) is 10.2 Å². The van der Waals surface area contributed by atoms with Crippen LogP contribution in [-0.4, -0.2) is 32.8 Å². The number of nitrogens with zero attached hydrogens (tertiary/aromatic N) is 5. The molecule has 4 rings (SSSR count). The molecule has 0 radical (unpaired) electrons. The highest BCUT2D eigenvalue weighted by Gasteiger charge is 2.26. The monoisotopic (exact) mass is 313 g/mol. The van der Waals surface area contributed by atoms with Gasteiger partial charge in [-0.2, -0.15) is 0 Å². The quantitative estimate of drug-likeness (QED) is 0.744. The standard InChI is InChI=1S/C16H19N5S/c1-2-20-11-17-19-15(20)12-6-5-9-21(10-12)16-18-13-7-3-4-8-14(13)22-16/h3-4,7-8,11-12H,2,5-6,9-10H2,1H3. The molecule has 1 aromatic carbocycles. The predicted octanol–water partition coefficient (Wildman–Crippen LogP) is 3.29. The van der Waals surface area contributed by atoms with Gasteiger partial charge < -0.3 is 9.47 Å². The van der Waals surface area contributed by atoms with Gasteiger partial charge in [-0.1, -0.05) is 23.5 Å². The van der Waals surface area contributed by atoms with Gasteiger partial charge >= 0.3 is 0 Å². The lowest BCUT2D eigenvalue weighted by molar-refractivity contribution is 0.473. The maximum atomic E-state index is 4.80. The largest absolute Gasteiger partial charge is 0.347 e. The Bertz CT molecular complexity index is 745. The van der Waals surface area contributed by atoms with Crippen molar-refractivity contribution in [2.24, 2.45) is 0 Å². The molecule has 1 aliphatic rings. The first kappa shape index (κ1) is 13.7. The topological polar surface area (TPSA) is 46.8 Å². The number of anilines is 1. The van der Waals surface area contributed by atoms with E-state index in [-0.39, 0.29) is 0 Å². The Balaban J connectivity index is 1.60. The molecule has 0 saturated carbocycles. The van der Waals surface area contributed by atoms with Crippen LogP contribution in [-0.2, 0) is 6.54 Å². The SMILES string of the molecule is CCn1cnnc1C1CCCN(c2nc3ccccc3s2)C1. The Morgan fingerprint density at radius 1 is 1.32 bits per heavy atom. The molecular formula is C16H19N5S. The number of hydrogen-bond acceptors (Lipinski definition) is 5. The van der Waals surface area contributed by atoms with Crippen LogP contribution in [0.15, 0.2) is 30.6 Å². The van der Waals surface area contributed by atoms with Gasteiger partial charge in [-0.15, -0.1) is 10.2 Å². The molecule has 3 heterocycles. The Kier molecular flexibility index (Phi) is 3.54. The number of aromatic nitrogens is 4. The Morgan fingerprint density at radius 3 is 3.09 bits per heavy atom. The van der Waals surface area contributed by atoms with Crippen molar-refractivity contribution in [3.8, 4) is 0 Å². The molecule has 0 aliphatic carbocycles. The van der Waals surface area contributed by atoms with Crippen LogP contribution in [0.5, 0.6) is 0 Å². The summed E-state index contributed by atoms with van der Waals surface area (Å²) in [6.07, 6.45) is 4.20. The van der Waals surface area contributed by atoms with Gasteiger partial charge in [-0.25, -0.2) is 4.98 Å². The normalized spacial score (nSPS) is 19.0. The molecule has 1 fully saturated rings. The molecule has 0 bridgehead atoms. The van der Waals surface area contributed by atoms with Crippen LogP contribution < -0.4 is 4.90 Å². The summed E-state index contributed by atoms with van der Waals surface area (Å²) in [5, 5.41) is 9.57. The first-order chi connectivity index (χ1) is 10.8. The van der Waals surface area contributed by atoms with Crippen molar-refractivity contribution in [2.45, 2.75) is 32.2 Å². The summed E-state index contributed by atoms with van der Waals surface area (Å²) in [4.78, 5) is 7.21. The van der Waals surface area contributed by atoms with Gasteiger partial charge in [0.15, 0.2) is 5.13 Å².